The molecule has 2 rings (SSSR count). The van der Waals surface area contributed by atoms with Gasteiger partial charge in [-0.3, -0.25) is 4.79 Å². The summed E-state index contributed by atoms with van der Waals surface area (Å²) in [7, 11) is 1.74. The van der Waals surface area contributed by atoms with Crippen LogP contribution in [0.25, 0.3) is 0 Å². The van der Waals surface area contributed by atoms with Gasteiger partial charge in [0.2, 0.25) is 0 Å². The summed E-state index contributed by atoms with van der Waals surface area (Å²) in [5.74, 6) is 0.173. The first-order valence-electron chi connectivity index (χ1n) is 6.86. The predicted molar refractivity (Wildman–Crippen MR) is 81.4 cm³/mol. The molecule has 3 N–H and O–H groups in total. The average Bonchev–Trinajstić information content (AvgIpc) is 2.80. The molecular formula is C13H22N4O2S. The van der Waals surface area contributed by atoms with Crippen molar-refractivity contribution in [3.05, 3.63) is 5.56 Å². The normalized spacial score (nSPS) is 16.7. The van der Waals surface area contributed by atoms with Crippen molar-refractivity contribution in [1.29, 1.82) is 0 Å². The fourth-order valence-electron chi connectivity index (χ4n) is 2.35. The Bertz CT molecular complexity index is 467. The van der Waals surface area contributed by atoms with Crippen molar-refractivity contribution in [1.82, 2.24) is 9.69 Å². The third kappa shape index (κ3) is 3.21. The van der Waals surface area contributed by atoms with E-state index in [-0.39, 0.29) is 11.9 Å². The minimum absolute atomic E-state index is 0.0777. The van der Waals surface area contributed by atoms with Crippen LogP contribution in [-0.4, -0.2) is 42.6 Å². The van der Waals surface area contributed by atoms with Gasteiger partial charge in [-0.25, -0.2) is 0 Å². The summed E-state index contributed by atoms with van der Waals surface area (Å²) < 4.78 is 9.51. The molecule has 1 aromatic rings. The molecule has 0 aromatic carbocycles. The Labute approximate surface area is 123 Å². The van der Waals surface area contributed by atoms with E-state index in [2.05, 4.69) is 14.6 Å². The number of hydrogen-bond acceptors (Lipinski definition) is 6. The molecule has 7 heteroatoms. The van der Waals surface area contributed by atoms with E-state index in [1.807, 2.05) is 13.8 Å². The van der Waals surface area contributed by atoms with Crippen molar-refractivity contribution in [2.75, 3.05) is 30.8 Å². The number of hydrogen-bond donors (Lipinski definition) is 2. The Morgan fingerprint density at radius 3 is 2.70 bits per heavy atom. The quantitative estimate of drug-likeness (QED) is 0.880. The number of nitrogen functional groups attached to an aromatic ring is 1. The summed E-state index contributed by atoms with van der Waals surface area (Å²) in [6.07, 6.45) is 2.23. The fraction of sp³-hybridized carbons (Fsp3) is 0.692. The standard InChI is InChI=1S/C13H22N4O2S/c1-8(2)15-12(18)10-11(14)16-20-13(10)17-6-4-9(19-3)5-7-17/h8-9H,4-7H2,1-3H3,(H2,14,16)(H,15,18). The molecule has 6 nitrogen and oxygen atoms in total. The number of aromatic nitrogens is 1. The molecular weight excluding hydrogens is 276 g/mol. The van der Waals surface area contributed by atoms with Crippen molar-refractivity contribution in [2.45, 2.75) is 38.8 Å². The summed E-state index contributed by atoms with van der Waals surface area (Å²) in [6, 6.07) is 0.0777. The molecule has 0 spiro atoms. The molecule has 0 bridgehead atoms. The van der Waals surface area contributed by atoms with Gasteiger partial charge in [0.25, 0.3) is 5.91 Å². The highest BCUT2D eigenvalue weighted by atomic mass is 32.1. The van der Waals surface area contributed by atoms with Crippen molar-refractivity contribution in [2.24, 2.45) is 0 Å². The molecule has 1 saturated heterocycles. The third-order valence-electron chi connectivity index (χ3n) is 3.41. The first kappa shape index (κ1) is 15.1. The zero-order valence-electron chi connectivity index (χ0n) is 12.2. The van der Waals surface area contributed by atoms with E-state index in [0.29, 0.717) is 17.5 Å². The Hall–Kier alpha value is -1.34. The number of anilines is 2. The number of amides is 1. The van der Waals surface area contributed by atoms with Gasteiger partial charge in [-0.2, -0.15) is 4.37 Å². The molecule has 2 heterocycles. The lowest BCUT2D eigenvalue weighted by atomic mass is 10.1. The van der Waals surface area contributed by atoms with Gasteiger partial charge in [-0.1, -0.05) is 0 Å². The number of nitrogens with zero attached hydrogens (tertiary/aromatic N) is 2. The maximum Gasteiger partial charge on any atom is 0.258 e. The summed E-state index contributed by atoms with van der Waals surface area (Å²) in [5.41, 5.74) is 6.38. The highest BCUT2D eigenvalue weighted by molar-refractivity contribution is 7.11. The van der Waals surface area contributed by atoms with Gasteiger partial charge in [0.1, 0.15) is 10.6 Å². The highest BCUT2D eigenvalue weighted by Gasteiger charge is 2.27. The summed E-state index contributed by atoms with van der Waals surface area (Å²) >= 11 is 1.30. The number of nitrogens with two attached hydrogens (primary N) is 1. The van der Waals surface area contributed by atoms with E-state index in [1.54, 1.807) is 7.11 Å². The zero-order chi connectivity index (χ0) is 14.7. The highest BCUT2D eigenvalue weighted by Crippen LogP contribution is 2.32. The van der Waals surface area contributed by atoms with Crippen LogP contribution in [0.1, 0.15) is 37.0 Å². The second-order valence-electron chi connectivity index (χ2n) is 5.30. The molecule has 1 aromatic heterocycles. The Morgan fingerprint density at radius 1 is 1.50 bits per heavy atom. The van der Waals surface area contributed by atoms with Crippen molar-refractivity contribution in [3.63, 3.8) is 0 Å². The van der Waals surface area contributed by atoms with Crippen LogP contribution in [0.2, 0.25) is 0 Å². The second kappa shape index (κ2) is 6.41. The maximum absolute atomic E-state index is 12.2. The number of methoxy groups -OCH3 is 1. The largest absolute Gasteiger partial charge is 0.382 e. The minimum Gasteiger partial charge on any atom is -0.382 e. The van der Waals surface area contributed by atoms with Gasteiger partial charge in [-0.05, 0) is 38.2 Å². The van der Waals surface area contributed by atoms with E-state index in [4.69, 9.17) is 10.5 Å². The third-order valence-corrected chi connectivity index (χ3v) is 4.33. The smallest absolute Gasteiger partial charge is 0.258 e. The lowest BCUT2D eigenvalue weighted by molar-refractivity contribution is 0.0819. The summed E-state index contributed by atoms with van der Waals surface area (Å²) in [6.45, 7) is 5.58. The Kier molecular flexibility index (Phi) is 4.82. The Balaban J connectivity index is 2.15. The SMILES string of the molecule is COC1CCN(c2snc(N)c2C(=O)NC(C)C)CC1. The molecule has 112 valence electrons. The molecule has 1 aliphatic rings. The minimum atomic E-state index is -0.143. The van der Waals surface area contributed by atoms with Gasteiger partial charge < -0.3 is 20.7 Å². The topological polar surface area (TPSA) is 80.5 Å². The van der Waals surface area contributed by atoms with E-state index in [9.17, 15) is 4.79 Å². The molecule has 0 unspecified atom stereocenters. The summed E-state index contributed by atoms with van der Waals surface area (Å²) in [4.78, 5) is 14.4. The zero-order valence-corrected chi connectivity index (χ0v) is 13.0. The number of piperidine rings is 1. The molecule has 0 radical (unpaired) electrons. The number of carbonyl (C=O) groups excluding carboxylic acids is 1. The molecule has 1 aliphatic heterocycles. The monoisotopic (exact) mass is 298 g/mol. The van der Waals surface area contributed by atoms with Crippen LogP contribution in [0.5, 0.6) is 0 Å². The van der Waals surface area contributed by atoms with E-state index in [1.165, 1.54) is 11.5 Å². The van der Waals surface area contributed by atoms with Crippen LogP contribution in [0.3, 0.4) is 0 Å². The lowest BCUT2D eigenvalue weighted by Gasteiger charge is -2.32. The average molecular weight is 298 g/mol. The lowest BCUT2D eigenvalue weighted by Crippen LogP contribution is -2.38. The maximum atomic E-state index is 12.2. The molecule has 0 atom stereocenters. The molecule has 1 fully saturated rings. The second-order valence-corrected chi connectivity index (χ2v) is 6.05. The van der Waals surface area contributed by atoms with Crippen molar-refractivity contribution < 1.29 is 9.53 Å². The number of rotatable bonds is 4. The van der Waals surface area contributed by atoms with E-state index >= 15 is 0 Å². The van der Waals surface area contributed by atoms with Gasteiger partial charge in [-0.15, -0.1) is 0 Å². The van der Waals surface area contributed by atoms with E-state index in [0.717, 1.165) is 30.9 Å². The molecule has 1 amide bonds. The molecule has 0 aliphatic carbocycles. The van der Waals surface area contributed by atoms with Gasteiger partial charge in [0.15, 0.2) is 5.82 Å². The number of ether oxygens (including phenoxy) is 1. The van der Waals surface area contributed by atoms with E-state index < -0.39 is 0 Å². The van der Waals surface area contributed by atoms with Crippen LogP contribution in [0.4, 0.5) is 10.8 Å². The van der Waals surface area contributed by atoms with Crippen LogP contribution in [-0.2, 0) is 4.74 Å². The summed E-state index contributed by atoms with van der Waals surface area (Å²) in [5, 5.41) is 3.75. The fourth-order valence-corrected chi connectivity index (χ4v) is 3.21. The van der Waals surface area contributed by atoms with Gasteiger partial charge in [0, 0.05) is 26.2 Å². The van der Waals surface area contributed by atoms with Gasteiger partial charge >= 0.3 is 0 Å². The van der Waals surface area contributed by atoms with Gasteiger partial charge in [0.05, 0.1) is 6.10 Å². The molecule has 0 saturated carbocycles. The van der Waals surface area contributed by atoms with Crippen molar-refractivity contribution >= 4 is 28.3 Å². The first-order chi connectivity index (χ1) is 9.52. The number of carbonyl (C=O) groups is 1. The Morgan fingerprint density at radius 2 is 2.15 bits per heavy atom. The van der Waals surface area contributed by atoms with Crippen LogP contribution >= 0.6 is 11.5 Å². The van der Waals surface area contributed by atoms with Crippen LogP contribution in [0.15, 0.2) is 0 Å². The first-order valence-corrected chi connectivity index (χ1v) is 7.64. The van der Waals surface area contributed by atoms with Crippen molar-refractivity contribution in [3.8, 4) is 0 Å². The predicted octanol–water partition coefficient (Wildman–Crippen LogP) is 1.48. The number of nitrogens with one attached hydrogen (secondary N) is 1. The molecule has 20 heavy (non-hydrogen) atoms. The van der Waals surface area contributed by atoms with Crippen LogP contribution < -0.4 is 16.0 Å². The van der Waals surface area contributed by atoms with Crippen LogP contribution in [0, 0.1) is 0 Å².